The summed E-state index contributed by atoms with van der Waals surface area (Å²) in [5, 5.41) is 13.9. The van der Waals surface area contributed by atoms with Crippen molar-refractivity contribution in [1.29, 1.82) is 0 Å². The lowest BCUT2D eigenvalue weighted by atomic mass is 10.1. The van der Waals surface area contributed by atoms with E-state index in [1.165, 1.54) is 24.3 Å². The van der Waals surface area contributed by atoms with Gasteiger partial charge in [0.15, 0.2) is 4.90 Å². The van der Waals surface area contributed by atoms with E-state index in [2.05, 4.69) is 10.0 Å². The predicted octanol–water partition coefficient (Wildman–Crippen LogP) is 2.92. The molecule has 1 amide bonds. The van der Waals surface area contributed by atoms with E-state index in [4.69, 9.17) is 0 Å². The van der Waals surface area contributed by atoms with Crippen LogP contribution in [0.3, 0.4) is 0 Å². The largest absolute Gasteiger partial charge is 0.347 e. The van der Waals surface area contributed by atoms with E-state index in [0.717, 1.165) is 12.1 Å². The maximum absolute atomic E-state index is 12.6. The summed E-state index contributed by atoms with van der Waals surface area (Å²) in [4.78, 5) is 22.3. The maximum Gasteiger partial charge on any atom is 0.289 e. The van der Waals surface area contributed by atoms with Gasteiger partial charge in [-0.3, -0.25) is 19.6 Å². The second kappa shape index (κ2) is 7.12. The van der Waals surface area contributed by atoms with Gasteiger partial charge in [-0.15, -0.1) is 0 Å². The molecule has 26 heavy (non-hydrogen) atoms. The minimum Gasteiger partial charge on any atom is -0.347 e. The smallest absolute Gasteiger partial charge is 0.289 e. The molecule has 8 nitrogen and oxygen atoms in total. The van der Waals surface area contributed by atoms with Gasteiger partial charge in [0.2, 0.25) is 0 Å². The molecule has 0 aliphatic rings. The molecule has 0 spiro atoms. The zero-order chi connectivity index (χ0) is 19.5. The number of nitro benzene ring substituents is 1. The Morgan fingerprint density at radius 2 is 1.62 bits per heavy atom. The number of anilines is 1. The number of benzene rings is 2. The number of nitro groups is 1. The average molecular weight is 377 g/mol. The van der Waals surface area contributed by atoms with E-state index in [1.807, 2.05) is 0 Å². The van der Waals surface area contributed by atoms with Gasteiger partial charge in [0.1, 0.15) is 0 Å². The maximum atomic E-state index is 12.6. The molecular formula is C17H19N3O5S. The molecule has 9 heteroatoms. The number of carbonyl (C=O) groups is 1. The number of nitrogens with one attached hydrogen (secondary N) is 2. The lowest BCUT2D eigenvalue weighted by Crippen LogP contribution is -2.40. The van der Waals surface area contributed by atoms with E-state index in [0.29, 0.717) is 0 Å². The Balaban J connectivity index is 2.43. The van der Waals surface area contributed by atoms with Crippen molar-refractivity contribution in [3.8, 4) is 0 Å². The summed E-state index contributed by atoms with van der Waals surface area (Å²) in [5.74, 6) is -0.460. The highest BCUT2D eigenvalue weighted by Gasteiger charge is 2.27. The van der Waals surface area contributed by atoms with Crippen molar-refractivity contribution in [2.45, 2.75) is 31.2 Å². The van der Waals surface area contributed by atoms with Crippen LogP contribution in [0.25, 0.3) is 0 Å². The van der Waals surface area contributed by atoms with E-state index >= 15 is 0 Å². The minimum atomic E-state index is -4.26. The zero-order valence-corrected chi connectivity index (χ0v) is 15.3. The number of para-hydroxylation sites is 2. The van der Waals surface area contributed by atoms with Gasteiger partial charge in [-0.25, -0.2) is 8.42 Å². The van der Waals surface area contributed by atoms with Crippen molar-refractivity contribution >= 4 is 27.3 Å². The minimum absolute atomic E-state index is 0.0346. The summed E-state index contributed by atoms with van der Waals surface area (Å²) < 4.78 is 27.6. The summed E-state index contributed by atoms with van der Waals surface area (Å²) in [6.07, 6.45) is 0. The highest BCUT2D eigenvalue weighted by molar-refractivity contribution is 7.92. The van der Waals surface area contributed by atoms with Crippen LogP contribution in [0.2, 0.25) is 0 Å². The normalized spacial score (nSPS) is 11.7. The lowest BCUT2D eigenvalue weighted by molar-refractivity contribution is -0.387. The Morgan fingerprint density at radius 1 is 1.04 bits per heavy atom. The third-order valence-electron chi connectivity index (χ3n) is 3.26. The van der Waals surface area contributed by atoms with Crippen molar-refractivity contribution in [2.24, 2.45) is 0 Å². The highest BCUT2D eigenvalue weighted by Crippen LogP contribution is 2.26. The molecule has 0 radical (unpaired) electrons. The van der Waals surface area contributed by atoms with Crippen LogP contribution in [0.5, 0.6) is 0 Å². The van der Waals surface area contributed by atoms with Gasteiger partial charge in [-0.2, -0.15) is 0 Å². The van der Waals surface area contributed by atoms with E-state index in [1.54, 1.807) is 32.9 Å². The SMILES string of the molecule is CC(C)(C)NC(=O)c1ccccc1NS(=O)(=O)c1ccccc1[N+](=O)[O-]. The van der Waals surface area contributed by atoms with Gasteiger partial charge < -0.3 is 5.32 Å². The van der Waals surface area contributed by atoms with Crippen molar-refractivity contribution in [3.05, 3.63) is 64.2 Å². The second-order valence-corrected chi connectivity index (χ2v) is 8.23. The average Bonchev–Trinajstić information content (AvgIpc) is 2.53. The van der Waals surface area contributed by atoms with Crippen LogP contribution in [-0.2, 0) is 10.0 Å². The summed E-state index contributed by atoms with van der Waals surface area (Å²) in [6.45, 7) is 5.39. The molecule has 2 rings (SSSR count). The number of amides is 1. The van der Waals surface area contributed by atoms with Gasteiger partial charge >= 0.3 is 0 Å². The molecule has 2 N–H and O–H groups in total. The zero-order valence-electron chi connectivity index (χ0n) is 14.5. The Hall–Kier alpha value is -2.94. The fourth-order valence-electron chi connectivity index (χ4n) is 2.21. The van der Waals surface area contributed by atoms with E-state index in [-0.39, 0.29) is 11.3 Å². The van der Waals surface area contributed by atoms with Gasteiger partial charge in [0, 0.05) is 11.6 Å². The van der Waals surface area contributed by atoms with Crippen molar-refractivity contribution in [1.82, 2.24) is 5.32 Å². The molecular weight excluding hydrogens is 358 g/mol. The van der Waals surface area contributed by atoms with Gasteiger partial charge in [0.05, 0.1) is 16.2 Å². The molecule has 138 valence electrons. The Kier molecular flexibility index (Phi) is 5.31. The van der Waals surface area contributed by atoms with E-state index < -0.39 is 37.0 Å². The van der Waals surface area contributed by atoms with Gasteiger partial charge in [-0.05, 0) is 39.0 Å². The molecule has 0 saturated carbocycles. The molecule has 0 fully saturated rings. The third-order valence-corrected chi connectivity index (χ3v) is 4.67. The van der Waals surface area contributed by atoms with Gasteiger partial charge in [0.25, 0.3) is 21.6 Å². The van der Waals surface area contributed by atoms with Crippen LogP contribution in [0, 0.1) is 10.1 Å². The molecule has 0 heterocycles. The van der Waals surface area contributed by atoms with Crippen LogP contribution in [0.4, 0.5) is 11.4 Å². The van der Waals surface area contributed by atoms with Crippen molar-refractivity contribution in [2.75, 3.05) is 4.72 Å². The molecule has 2 aromatic rings. The molecule has 0 unspecified atom stereocenters. The molecule has 2 aromatic carbocycles. The number of carbonyl (C=O) groups excluding carboxylic acids is 1. The third kappa shape index (κ3) is 4.57. The van der Waals surface area contributed by atoms with Crippen molar-refractivity contribution in [3.63, 3.8) is 0 Å². The number of nitrogens with zero attached hydrogens (tertiary/aromatic N) is 1. The first-order chi connectivity index (χ1) is 12.0. The number of hydrogen-bond acceptors (Lipinski definition) is 5. The first-order valence-electron chi connectivity index (χ1n) is 7.69. The van der Waals surface area contributed by atoms with Gasteiger partial charge in [-0.1, -0.05) is 24.3 Å². The first kappa shape index (κ1) is 19.4. The Morgan fingerprint density at radius 3 is 2.23 bits per heavy atom. The number of rotatable bonds is 5. The van der Waals surface area contributed by atoms with Crippen LogP contribution in [0.15, 0.2) is 53.4 Å². The fraction of sp³-hybridized carbons (Fsp3) is 0.235. The fourth-order valence-corrected chi connectivity index (χ4v) is 3.47. The van der Waals surface area contributed by atoms with Crippen LogP contribution in [-0.4, -0.2) is 24.8 Å². The van der Waals surface area contributed by atoms with Crippen LogP contribution in [0.1, 0.15) is 31.1 Å². The number of sulfonamides is 1. The monoisotopic (exact) mass is 377 g/mol. The topological polar surface area (TPSA) is 118 Å². The highest BCUT2D eigenvalue weighted by atomic mass is 32.2. The van der Waals surface area contributed by atoms with E-state index in [9.17, 15) is 23.3 Å². The predicted molar refractivity (Wildman–Crippen MR) is 97.6 cm³/mol. The molecule has 0 aliphatic heterocycles. The summed E-state index contributed by atoms with van der Waals surface area (Å²) in [5.41, 5.74) is -0.907. The molecule has 0 saturated heterocycles. The Labute approximate surface area is 151 Å². The molecule has 0 atom stereocenters. The molecule has 0 aromatic heterocycles. The quantitative estimate of drug-likeness (QED) is 0.613. The summed E-state index contributed by atoms with van der Waals surface area (Å²) >= 11 is 0. The standard InChI is InChI=1S/C17H19N3O5S/c1-17(2,3)18-16(21)12-8-4-5-9-13(12)19-26(24,25)15-11-7-6-10-14(15)20(22)23/h4-11,19H,1-3H3,(H,18,21). The lowest BCUT2D eigenvalue weighted by Gasteiger charge is -2.21. The van der Waals surface area contributed by atoms with Crippen molar-refractivity contribution < 1.29 is 18.1 Å². The molecule has 0 aliphatic carbocycles. The molecule has 0 bridgehead atoms. The first-order valence-corrected chi connectivity index (χ1v) is 9.17. The Bertz CT molecular complexity index is 949. The second-order valence-electron chi connectivity index (χ2n) is 6.58. The summed E-state index contributed by atoms with van der Waals surface area (Å²) in [6, 6.07) is 11.1. The van der Waals surface area contributed by atoms with Crippen LogP contribution < -0.4 is 10.0 Å². The summed E-state index contributed by atoms with van der Waals surface area (Å²) in [7, 11) is -4.26. The number of hydrogen-bond donors (Lipinski definition) is 2. The van der Waals surface area contributed by atoms with Crippen LogP contribution >= 0.6 is 0 Å².